The Kier molecular flexibility index (Phi) is 3.94. The van der Waals surface area contributed by atoms with Gasteiger partial charge >= 0.3 is 0 Å². The fourth-order valence-electron chi connectivity index (χ4n) is 1.59. The van der Waals surface area contributed by atoms with E-state index in [2.05, 4.69) is 0 Å². The van der Waals surface area contributed by atoms with Gasteiger partial charge in [-0.05, 0) is 31.7 Å². The van der Waals surface area contributed by atoms with Crippen molar-refractivity contribution in [3.8, 4) is 11.5 Å². The van der Waals surface area contributed by atoms with E-state index in [1.54, 1.807) is 0 Å². The van der Waals surface area contributed by atoms with E-state index in [0.717, 1.165) is 29.6 Å². The van der Waals surface area contributed by atoms with E-state index in [9.17, 15) is 0 Å². The van der Waals surface area contributed by atoms with E-state index in [-0.39, 0.29) is 0 Å². The first-order chi connectivity index (χ1) is 7.85. The molecule has 16 heavy (non-hydrogen) atoms. The molecule has 0 unspecified atom stereocenters. The predicted molar refractivity (Wildman–Crippen MR) is 65.4 cm³/mol. The zero-order valence-electron chi connectivity index (χ0n) is 9.54. The number of ether oxygens (including phenoxy) is 2. The molecule has 1 fully saturated rings. The van der Waals surface area contributed by atoms with Crippen LogP contribution in [0.25, 0.3) is 0 Å². The van der Waals surface area contributed by atoms with E-state index >= 15 is 0 Å². The molecule has 2 rings (SSSR count). The van der Waals surface area contributed by atoms with Crippen LogP contribution in [0.1, 0.15) is 25.3 Å². The van der Waals surface area contributed by atoms with Crippen molar-refractivity contribution in [1.82, 2.24) is 0 Å². The zero-order valence-corrected chi connectivity index (χ0v) is 10.3. The van der Waals surface area contributed by atoms with Gasteiger partial charge in [0.15, 0.2) is 11.5 Å². The quantitative estimate of drug-likeness (QED) is 0.708. The van der Waals surface area contributed by atoms with Gasteiger partial charge in [-0.15, -0.1) is 11.6 Å². The van der Waals surface area contributed by atoms with Crippen molar-refractivity contribution in [2.45, 2.75) is 25.6 Å². The summed E-state index contributed by atoms with van der Waals surface area (Å²) in [7, 11) is 0. The second kappa shape index (κ2) is 5.44. The van der Waals surface area contributed by atoms with Gasteiger partial charge in [-0.2, -0.15) is 0 Å². The minimum absolute atomic E-state index is 0.459. The average molecular weight is 241 g/mol. The molecule has 88 valence electrons. The number of para-hydroxylation sites is 1. The maximum Gasteiger partial charge on any atom is 0.165 e. The van der Waals surface area contributed by atoms with Crippen molar-refractivity contribution in [2.75, 3.05) is 13.2 Å². The van der Waals surface area contributed by atoms with Crippen LogP contribution in [0.4, 0.5) is 0 Å². The lowest BCUT2D eigenvalue weighted by molar-refractivity contribution is 0.265. The van der Waals surface area contributed by atoms with E-state index < -0.39 is 0 Å². The van der Waals surface area contributed by atoms with Crippen molar-refractivity contribution >= 4 is 11.6 Å². The van der Waals surface area contributed by atoms with Crippen LogP contribution in [0.5, 0.6) is 11.5 Å². The van der Waals surface area contributed by atoms with Crippen molar-refractivity contribution in [3.05, 3.63) is 23.8 Å². The third-order valence-electron chi connectivity index (χ3n) is 2.66. The van der Waals surface area contributed by atoms with Gasteiger partial charge in [-0.3, -0.25) is 0 Å². The molecule has 0 atom stereocenters. The molecule has 0 spiro atoms. The van der Waals surface area contributed by atoms with Crippen LogP contribution < -0.4 is 9.47 Å². The van der Waals surface area contributed by atoms with Crippen LogP contribution in [-0.2, 0) is 5.88 Å². The molecule has 0 saturated heterocycles. The smallest absolute Gasteiger partial charge is 0.165 e. The summed E-state index contributed by atoms with van der Waals surface area (Å²) >= 11 is 5.90. The molecule has 1 aromatic rings. The SMILES string of the molecule is CCOc1cccc(CCl)c1OCC1CC1. The van der Waals surface area contributed by atoms with Gasteiger partial charge in [0.1, 0.15) is 0 Å². The van der Waals surface area contributed by atoms with Gasteiger partial charge < -0.3 is 9.47 Å². The third kappa shape index (κ3) is 2.82. The predicted octanol–water partition coefficient (Wildman–Crippen LogP) is 3.61. The Bertz CT molecular complexity index is 348. The first kappa shape index (κ1) is 11.6. The molecule has 1 aromatic carbocycles. The van der Waals surface area contributed by atoms with E-state index in [1.807, 2.05) is 25.1 Å². The lowest BCUT2D eigenvalue weighted by Crippen LogP contribution is -2.04. The molecule has 1 aliphatic carbocycles. The molecular formula is C13H17ClO2. The van der Waals surface area contributed by atoms with Crippen molar-refractivity contribution < 1.29 is 9.47 Å². The van der Waals surface area contributed by atoms with E-state index in [0.29, 0.717) is 12.5 Å². The summed E-state index contributed by atoms with van der Waals surface area (Å²) in [4.78, 5) is 0. The number of hydrogen-bond donors (Lipinski definition) is 0. The summed E-state index contributed by atoms with van der Waals surface area (Å²) in [5.74, 6) is 2.83. The Hall–Kier alpha value is -0.890. The second-order valence-electron chi connectivity index (χ2n) is 4.07. The van der Waals surface area contributed by atoms with Crippen LogP contribution in [0.3, 0.4) is 0 Å². The standard InChI is InChI=1S/C13H17ClO2/c1-2-15-12-5-3-4-11(8-14)13(12)16-9-10-6-7-10/h3-5,10H,2,6-9H2,1H3. The number of rotatable bonds is 6. The summed E-state index contributed by atoms with van der Waals surface area (Å²) in [5.41, 5.74) is 1.01. The third-order valence-corrected chi connectivity index (χ3v) is 2.95. The summed E-state index contributed by atoms with van der Waals surface area (Å²) in [6.45, 7) is 3.40. The fraction of sp³-hybridized carbons (Fsp3) is 0.538. The Morgan fingerprint density at radius 3 is 2.75 bits per heavy atom. The van der Waals surface area contributed by atoms with Crippen LogP contribution in [0.2, 0.25) is 0 Å². The first-order valence-corrected chi connectivity index (χ1v) is 6.32. The maximum atomic E-state index is 5.90. The topological polar surface area (TPSA) is 18.5 Å². The normalized spacial score (nSPS) is 14.9. The zero-order chi connectivity index (χ0) is 11.4. The highest BCUT2D eigenvalue weighted by atomic mass is 35.5. The molecule has 1 aliphatic rings. The number of alkyl halides is 1. The summed E-state index contributed by atoms with van der Waals surface area (Å²) < 4.78 is 11.4. The van der Waals surface area contributed by atoms with Crippen molar-refractivity contribution in [1.29, 1.82) is 0 Å². The van der Waals surface area contributed by atoms with Gasteiger partial charge in [-0.1, -0.05) is 12.1 Å². The Labute approximate surface area is 102 Å². The monoisotopic (exact) mass is 240 g/mol. The van der Waals surface area contributed by atoms with Crippen LogP contribution in [0, 0.1) is 5.92 Å². The summed E-state index contributed by atoms with van der Waals surface area (Å²) in [5, 5.41) is 0. The lowest BCUT2D eigenvalue weighted by atomic mass is 10.2. The van der Waals surface area contributed by atoms with E-state index in [1.165, 1.54) is 12.8 Å². The molecule has 2 nitrogen and oxygen atoms in total. The van der Waals surface area contributed by atoms with Gasteiger partial charge in [0.25, 0.3) is 0 Å². The molecular weight excluding hydrogens is 224 g/mol. The number of hydrogen-bond acceptors (Lipinski definition) is 2. The molecule has 1 saturated carbocycles. The number of benzene rings is 1. The maximum absolute atomic E-state index is 5.90. The van der Waals surface area contributed by atoms with Crippen LogP contribution in [-0.4, -0.2) is 13.2 Å². The van der Waals surface area contributed by atoms with E-state index in [4.69, 9.17) is 21.1 Å². The second-order valence-corrected chi connectivity index (χ2v) is 4.33. The molecule has 0 amide bonds. The average Bonchev–Trinajstić information content (AvgIpc) is 3.11. The summed E-state index contributed by atoms with van der Waals surface area (Å²) in [6, 6.07) is 5.87. The molecule has 3 heteroatoms. The minimum Gasteiger partial charge on any atom is -0.490 e. The Morgan fingerprint density at radius 1 is 1.31 bits per heavy atom. The van der Waals surface area contributed by atoms with Gasteiger partial charge in [-0.25, -0.2) is 0 Å². The summed E-state index contributed by atoms with van der Waals surface area (Å²) in [6.07, 6.45) is 2.57. The minimum atomic E-state index is 0.459. The molecule has 0 aliphatic heterocycles. The highest BCUT2D eigenvalue weighted by Crippen LogP contribution is 2.35. The molecule has 0 heterocycles. The Balaban J connectivity index is 2.13. The van der Waals surface area contributed by atoms with Gasteiger partial charge in [0.2, 0.25) is 0 Å². The molecule has 0 N–H and O–H groups in total. The van der Waals surface area contributed by atoms with Crippen molar-refractivity contribution in [2.24, 2.45) is 5.92 Å². The Morgan fingerprint density at radius 2 is 2.12 bits per heavy atom. The molecule has 0 radical (unpaired) electrons. The highest BCUT2D eigenvalue weighted by Gasteiger charge is 2.23. The largest absolute Gasteiger partial charge is 0.490 e. The molecule has 0 aromatic heterocycles. The first-order valence-electron chi connectivity index (χ1n) is 5.78. The fourth-order valence-corrected chi connectivity index (χ4v) is 1.80. The number of halogens is 1. The van der Waals surface area contributed by atoms with Crippen LogP contribution >= 0.6 is 11.6 Å². The molecule has 0 bridgehead atoms. The van der Waals surface area contributed by atoms with Gasteiger partial charge in [0, 0.05) is 5.56 Å². The van der Waals surface area contributed by atoms with Gasteiger partial charge in [0.05, 0.1) is 19.1 Å². The van der Waals surface area contributed by atoms with Crippen molar-refractivity contribution in [3.63, 3.8) is 0 Å². The highest BCUT2D eigenvalue weighted by molar-refractivity contribution is 6.17. The lowest BCUT2D eigenvalue weighted by Gasteiger charge is -2.14. The van der Waals surface area contributed by atoms with Crippen LogP contribution in [0.15, 0.2) is 18.2 Å².